The van der Waals surface area contributed by atoms with Crippen LogP contribution in [0.3, 0.4) is 0 Å². The predicted molar refractivity (Wildman–Crippen MR) is 131 cm³/mol. The topological polar surface area (TPSA) is 96.0 Å². The quantitative estimate of drug-likeness (QED) is 0.647. The van der Waals surface area contributed by atoms with Crippen molar-refractivity contribution in [2.75, 3.05) is 36.4 Å². The number of sulfonamides is 1. The summed E-state index contributed by atoms with van der Waals surface area (Å²) in [6, 6.07) is 11.5. The Morgan fingerprint density at radius 3 is 2.41 bits per heavy atom. The molecule has 1 N–H and O–H groups in total. The Balaban J connectivity index is 1.40. The lowest BCUT2D eigenvalue weighted by molar-refractivity contribution is -0.133. The highest BCUT2D eigenvalue weighted by molar-refractivity contribution is 7.92. The Morgan fingerprint density at radius 1 is 0.941 bits per heavy atom. The van der Waals surface area contributed by atoms with Crippen LogP contribution in [0.2, 0.25) is 0 Å². The summed E-state index contributed by atoms with van der Waals surface area (Å²) >= 11 is 0. The van der Waals surface area contributed by atoms with Crippen LogP contribution in [0.15, 0.2) is 47.4 Å². The lowest BCUT2D eigenvalue weighted by atomic mass is 10.2. The molecule has 0 radical (unpaired) electrons. The van der Waals surface area contributed by atoms with Crippen LogP contribution in [0.1, 0.15) is 44.1 Å². The maximum atomic E-state index is 12.9. The van der Waals surface area contributed by atoms with Gasteiger partial charge in [-0.3, -0.25) is 14.3 Å². The van der Waals surface area contributed by atoms with Crippen LogP contribution in [0, 0.1) is 0 Å². The van der Waals surface area contributed by atoms with Crippen molar-refractivity contribution < 1.29 is 22.7 Å². The van der Waals surface area contributed by atoms with Gasteiger partial charge in [0, 0.05) is 44.2 Å². The van der Waals surface area contributed by atoms with E-state index in [0.717, 1.165) is 44.3 Å². The largest absolute Gasteiger partial charge is 0.497 e. The highest BCUT2D eigenvalue weighted by atomic mass is 32.2. The van der Waals surface area contributed by atoms with Gasteiger partial charge in [0.25, 0.3) is 10.0 Å². The Hall–Kier alpha value is -3.07. The average molecular weight is 486 g/mol. The summed E-state index contributed by atoms with van der Waals surface area (Å²) in [7, 11) is -2.27. The van der Waals surface area contributed by atoms with E-state index < -0.39 is 10.0 Å². The van der Waals surface area contributed by atoms with Gasteiger partial charge < -0.3 is 14.5 Å². The smallest absolute Gasteiger partial charge is 0.261 e. The van der Waals surface area contributed by atoms with Crippen molar-refractivity contribution in [1.82, 2.24) is 4.90 Å². The molecule has 4 rings (SSSR count). The number of nitrogens with zero attached hydrogens (tertiary/aromatic N) is 2. The molecule has 0 unspecified atom stereocenters. The Bertz CT molecular complexity index is 1160. The molecule has 2 amide bonds. The molecule has 0 spiro atoms. The standard InChI is InChI=1S/C25H31N3O5S/c1-33-21-8-6-7-20(18-21)26-34(31,32)22-9-10-23-19(17-22)13-16-28(23)25(30)12-11-24(29)27-14-4-2-3-5-15-27/h6-10,17-18,26H,2-5,11-16H2,1H3. The van der Waals surface area contributed by atoms with E-state index >= 15 is 0 Å². The van der Waals surface area contributed by atoms with Crippen LogP contribution < -0.4 is 14.4 Å². The SMILES string of the molecule is COc1cccc(NS(=O)(=O)c2ccc3c(c2)CCN3C(=O)CCC(=O)N2CCCCCC2)c1. The van der Waals surface area contributed by atoms with E-state index in [1.165, 1.54) is 13.2 Å². The Kier molecular flexibility index (Phi) is 7.41. The van der Waals surface area contributed by atoms with Crippen LogP contribution in [0.5, 0.6) is 5.75 Å². The molecule has 2 aliphatic rings. The van der Waals surface area contributed by atoms with Crippen molar-refractivity contribution in [2.45, 2.75) is 49.8 Å². The molecule has 0 bridgehead atoms. The van der Waals surface area contributed by atoms with Crippen LogP contribution in [-0.2, 0) is 26.0 Å². The average Bonchev–Trinajstić information content (AvgIpc) is 3.06. The van der Waals surface area contributed by atoms with E-state index in [1.807, 2.05) is 4.90 Å². The lowest BCUT2D eigenvalue weighted by Crippen LogP contribution is -2.34. The zero-order valence-corrected chi connectivity index (χ0v) is 20.3. The highest BCUT2D eigenvalue weighted by Crippen LogP contribution is 2.32. The highest BCUT2D eigenvalue weighted by Gasteiger charge is 2.27. The van der Waals surface area contributed by atoms with E-state index in [4.69, 9.17) is 4.74 Å². The van der Waals surface area contributed by atoms with E-state index in [1.54, 1.807) is 41.3 Å². The van der Waals surface area contributed by atoms with Crippen molar-refractivity contribution in [3.05, 3.63) is 48.0 Å². The first kappa shape index (κ1) is 24.1. The molecule has 0 saturated carbocycles. The van der Waals surface area contributed by atoms with E-state index in [0.29, 0.717) is 30.1 Å². The summed E-state index contributed by atoms with van der Waals surface area (Å²) in [5.41, 5.74) is 1.93. The first-order valence-electron chi connectivity index (χ1n) is 11.8. The van der Waals surface area contributed by atoms with Crippen molar-refractivity contribution >= 4 is 33.2 Å². The second-order valence-corrected chi connectivity index (χ2v) is 10.4. The van der Waals surface area contributed by atoms with Crippen LogP contribution in [0.4, 0.5) is 11.4 Å². The molecular formula is C25H31N3O5S. The molecule has 9 heteroatoms. The minimum atomic E-state index is -3.79. The zero-order valence-electron chi connectivity index (χ0n) is 19.5. The number of benzene rings is 2. The fourth-order valence-corrected chi connectivity index (χ4v) is 5.63. The summed E-state index contributed by atoms with van der Waals surface area (Å²) in [4.78, 5) is 29.1. The number of ether oxygens (including phenoxy) is 1. The molecule has 2 aromatic rings. The molecule has 0 aromatic heterocycles. The molecule has 34 heavy (non-hydrogen) atoms. The summed E-state index contributed by atoms with van der Waals surface area (Å²) in [6.07, 6.45) is 5.30. The number of fused-ring (bicyclic) bond motifs is 1. The number of carbonyl (C=O) groups excluding carboxylic acids is 2. The maximum Gasteiger partial charge on any atom is 0.261 e. The van der Waals surface area contributed by atoms with E-state index in [2.05, 4.69) is 4.72 Å². The van der Waals surface area contributed by atoms with Gasteiger partial charge >= 0.3 is 0 Å². The molecule has 0 aliphatic carbocycles. The van der Waals surface area contributed by atoms with Crippen molar-refractivity contribution in [3.63, 3.8) is 0 Å². The fraction of sp³-hybridized carbons (Fsp3) is 0.440. The van der Waals surface area contributed by atoms with Crippen LogP contribution in [-0.4, -0.2) is 51.9 Å². The number of amides is 2. The number of hydrogen-bond donors (Lipinski definition) is 1. The molecule has 1 saturated heterocycles. The molecule has 2 aromatic carbocycles. The minimum Gasteiger partial charge on any atom is -0.497 e. The second-order valence-electron chi connectivity index (χ2n) is 8.72. The molecule has 0 atom stereocenters. The van der Waals surface area contributed by atoms with Gasteiger partial charge in [0.2, 0.25) is 11.8 Å². The summed E-state index contributed by atoms with van der Waals surface area (Å²) in [5, 5.41) is 0. The zero-order chi connectivity index (χ0) is 24.1. The Labute approximate surface area is 200 Å². The molecule has 8 nitrogen and oxygen atoms in total. The van der Waals surface area contributed by atoms with E-state index in [9.17, 15) is 18.0 Å². The van der Waals surface area contributed by atoms with Crippen molar-refractivity contribution in [2.24, 2.45) is 0 Å². The van der Waals surface area contributed by atoms with Gasteiger partial charge in [0.05, 0.1) is 17.7 Å². The first-order valence-corrected chi connectivity index (χ1v) is 13.2. The molecule has 1 fully saturated rings. The third-order valence-corrected chi connectivity index (χ3v) is 7.77. The van der Waals surface area contributed by atoms with Gasteiger partial charge in [-0.1, -0.05) is 18.9 Å². The minimum absolute atomic E-state index is 0.0414. The number of nitrogens with one attached hydrogen (secondary N) is 1. The van der Waals surface area contributed by atoms with E-state index in [-0.39, 0.29) is 29.6 Å². The van der Waals surface area contributed by atoms with Gasteiger partial charge in [0.1, 0.15) is 5.75 Å². The molecule has 2 heterocycles. The molecular weight excluding hydrogens is 454 g/mol. The number of methoxy groups -OCH3 is 1. The van der Waals surface area contributed by atoms with Gasteiger partial charge in [-0.05, 0) is 55.2 Å². The normalized spacial score (nSPS) is 16.0. The fourth-order valence-electron chi connectivity index (χ4n) is 4.53. The molecule has 182 valence electrons. The number of anilines is 2. The van der Waals surface area contributed by atoms with Crippen LogP contribution in [0.25, 0.3) is 0 Å². The number of likely N-dealkylation sites (tertiary alicyclic amines) is 1. The van der Waals surface area contributed by atoms with Crippen molar-refractivity contribution in [3.8, 4) is 5.75 Å². The van der Waals surface area contributed by atoms with Gasteiger partial charge in [-0.15, -0.1) is 0 Å². The third kappa shape index (κ3) is 5.52. The monoisotopic (exact) mass is 485 g/mol. The van der Waals surface area contributed by atoms with Gasteiger partial charge in [-0.25, -0.2) is 8.42 Å². The van der Waals surface area contributed by atoms with Crippen molar-refractivity contribution in [1.29, 1.82) is 0 Å². The summed E-state index contributed by atoms with van der Waals surface area (Å²) in [6.45, 7) is 2.04. The Morgan fingerprint density at radius 2 is 1.68 bits per heavy atom. The summed E-state index contributed by atoms with van der Waals surface area (Å²) < 4.78 is 33.5. The summed E-state index contributed by atoms with van der Waals surface area (Å²) in [5.74, 6) is 0.490. The maximum absolute atomic E-state index is 12.9. The lowest BCUT2D eigenvalue weighted by Gasteiger charge is -2.21. The first-order chi connectivity index (χ1) is 16.4. The number of hydrogen-bond acceptors (Lipinski definition) is 5. The van der Waals surface area contributed by atoms with Gasteiger partial charge in [0.15, 0.2) is 0 Å². The van der Waals surface area contributed by atoms with Gasteiger partial charge in [-0.2, -0.15) is 0 Å². The number of carbonyl (C=O) groups is 2. The predicted octanol–water partition coefficient (Wildman–Crippen LogP) is 3.57. The van der Waals surface area contributed by atoms with Crippen LogP contribution >= 0.6 is 0 Å². The molecule has 2 aliphatic heterocycles. The third-order valence-electron chi connectivity index (χ3n) is 6.39. The number of rotatable bonds is 7. The second kappa shape index (κ2) is 10.5.